The summed E-state index contributed by atoms with van der Waals surface area (Å²) in [4.78, 5) is 23.6. The summed E-state index contributed by atoms with van der Waals surface area (Å²) in [7, 11) is 0. The van der Waals surface area contributed by atoms with Gasteiger partial charge in [-0.05, 0) is 30.5 Å². The molecule has 1 aromatic carbocycles. The second-order valence-electron chi connectivity index (χ2n) is 4.16. The van der Waals surface area contributed by atoms with Crippen molar-refractivity contribution in [3.8, 4) is 0 Å². The maximum atomic E-state index is 11.9. The summed E-state index contributed by atoms with van der Waals surface area (Å²) in [5, 5.41) is 18.6. The van der Waals surface area contributed by atoms with Gasteiger partial charge in [-0.15, -0.1) is 16.9 Å². The van der Waals surface area contributed by atoms with E-state index in [1.807, 2.05) is 18.4 Å². The largest absolute Gasteiger partial charge is 0.476 e. The molecule has 0 saturated carbocycles. The zero-order chi connectivity index (χ0) is 15.2. The highest BCUT2D eigenvalue weighted by Gasteiger charge is 2.08. The number of carboxylic acid groups (broad SMARTS) is 1. The van der Waals surface area contributed by atoms with E-state index in [2.05, 4.69) is 15.6 Å². The zero-order valence-electron chi connectivity index (χ0n) is 11.3. The molecule has 7 nitrogen and oxygen atoms in total. The highest BCUT2D eigenvalue weighted by atomic mass is 32.2. The Bertz CT molecular complexity index is 639. The van der Waals surface area contributed by atoms with Crippen molar-refractivity contribution in [1.82, 2.24) is 20.3 Å². The van der Waals surface area contributed by atoms with Crippen LogP contribution in [0.25, 0.3) is 0 Å². The fraction of sp³-hybridized carbons (Fsp3) is 0.231. The lowest BCUT2D eigenvalue weighted by Crippen LogP contribution is -2.27. The predicted molar refractivity (Wildman–Crippen MR) is 77.5 cm³/mol. The summed E-state index contributed by atoms with van der Waals surface area (Å²) in [5.41, 5.74) is 0.464. The lowest BCUT2D eigenvalue weighted by molar-refractivity contribution is 0.0690. The Labute approximate surface area is 125 Å². The van der Waals surface area contributed by atoms with Gasteiger partial charge in [-0.2, -0.15) is 0 Å². The number of aromatic carboxylic acids is 1. The molecular weight excluding hydrogens is 292 g/mol. The Morgan fingerprint density at radius 2 is 2.05 bits per heavy atom. The minimum Gasteiger partial charge on any atom is -0.476 e. The van der Waals surface area contributed by atoms with Crippen LogP contribution in [-0.4, -0.2) is 44.8 Å². The summed E-state index contributed by atoms with van der Waals surface area (Å²) >= 11 is 1.61. The first-order chi connectivity index (χ1) is 10.1. The molecule has 1 aromatic heterocycles. The van der Waals surface area contributed by atoms with Crippen LogP contribution in [0, 0.1) is 0 Å². The SMILES string of the molecule is CSc1ccc(C(=O)NCCn2cc(C(=O)O)nn2)cc1. The van der Waals surface area contributed by atoms with Crippen molar-refractivity contribution in [2.24, 2.45) is 0 Å². The third kappa shape index (κ3) is 4.06. The topological polar surface area (TPSA) is 97.1 Å². The first kappa shape index (κ1) is 15.0. The first-order valence-corrected chi connectivity index (χ1v) is 7.38. The molecule has 0 unspecified atom stereocenters. The number of nitrogens with one attached hydrogen (secondary N) is 1. The van der Waals surface area contributed by atoms with Crippen molar-refractivity contribution in [1.29, 1.82) is 0 Å². The van der Waals surface area contributed by atoms with Crippen LogP contribution in [0.2, 0.25) is 0 Å². The molecule has 2 rings (SSSR count). The van der Waals surface area contributed by atoms with Gasteiger partial charge < -0.3 is 10.4 Å². The van der Waals surface area contributed by atoms with Crippen molar-refractivity contribution in [2.45, 2.75) is 11.4 Å². The number of benzene rings is 1. The number of hydrogen-bond donors (Lipinski definition) is 2. The normalized spacial score (nSPS) is 10.3. The average Bonchev–Trinajstić information content (AvgIpc) is 2.96. The molecule has 0 atom stereocenters. The number of carboxylic acids is 1. The van der Waals surface area contributed by atoms with E-state index >= 15 is 0 Å². The molecule has 0 aliphatic heterocycles. The zero-order valence-corrected chi connectivity index (χ0v) is 12.1. The molecule has 1 amide bonds. The number of aromatic nitrogens is 3. The van der Waals surface area contributed by atoms with Gasteiger partial charge in [0.05, 0.1) is 12.7 Å². The maximum Gasteiger partial charge on any atom is 0.358 e. The second-order valence-corrected chi connectivity index (χ2v) is 5.04. The first-order valence-electron chi connectivity index (χ1n) is 6.16. The van der Waals surface area contributed by atoms with Gasteiger partial charge in [0.15, 0.2) is 5.69 Å². The second kappa shape index (κ2) is 6.89. The molecule has 0 fully saturated rings. The van der Waals surface area contributed by atoms with Gasteiger partial charge >= 0.3 is 5.97 Å². The van der Waals surface area contributed by atoms with E-state index in [0.29, 0.717) is 18.7 Å². The van der Waals surface area contributed by atoms with E-state index in [1.165, 1.54) is 10.9 Å². The molecule has 1 heterocycles. The molecule has 0 radical (unpaired) electrons. The van der Waals surface area contributed by atoms with Crippen molar-refractivity contribution in [2.75, 3.05) is 12.8 Å². The third-order valence-electron chi connectivity index (χ3n) is 2.74. The Kier molecular flexibility index (Phi) is 4.94. The van der Waals surface area contributed by atoms with Gasteiger partial charge in [0.1, 0.15) is 0 Å². The van der Waals surface area contributed by atoms with Crippen molar-refractivity contribution in [3.63, 3.8) is 0 Å². The average molecular weight is 306 g/mol. The molecule has 0 spiro atoms. The summed E-state index contributed by atoms with van der Waals surface area (Å²) < 4.78 is 1.38. The number of hydrogen-bond acceptors (Lipinski definition) is 5. The van der Waals surface area contributed by atoms with E-state index in [-0.39, 0.29) is 11.6 Å². The number of thioether (sulfide) groups is 1. The predicted octanol–water partition coefficient (Wildman–Crippen LogP) is 1.13. The standard InChI is InChI=1S/C13H14N4O3S/c1-21-10-4-2-9(3-5-10)12(18)14-6-7-17-8-11(13(19)20)15-16-17/h2-5,8H,6-7H2,1H3,(H,14,18)(H,19,20). The third-order valence-corrected chi connectivity index (χ3v) is 3.48. The maximum absolute atomic E-state index is 11.9. The van der Waals surface area contributed by atoms with Crippen molar-refractivity contribution in [3.05, 3.63) is 41.7 Å². The van der Waals surface area contributed by atoms with Crippen LogP contribution in [0.5, 0.6) is 0 Å². The van der Waals surface area contributed by atoms with E-state index in [1.54, 1.807) is 23.9 Å². The highest BCUT2D eigenvalue weighted by Crippen LogP contribution is 2.14. The summed E-state index contributed by atoms with van der Waals surface area (Å²) in [5.74, 6) is -1.31. The molecule has 2 N–H and O–H groups in total. The minimum absolute atomic E-state index is 0.117. The number of rotatable bonds is 6. The molecule has 8 heteroatoms. The van der Waals surface area contributed by atoms with Crippen LogP contribution in [0.1, 0.15) is 20.8 Å². The quantitative estimate of drug-likeness (QED) is 0.776. The number of amides is 1. The number of carbonyl (C=O) groups is 2. The van der Waals surface area contributed by atoms with Gasteiger partial charge in [0, 0.05) is 17.0 Å². The van der Waals surface area contributed by atoms with Crippen molar-refractivity contribution < 1.29 is 14.7 Å². The molecule has 110 valence electrons. The van der Waals surface area contributed by atoms with Crippen LogP contribution >= 0.6 is 11.8 Å². The molecule has 21 heavy (non-hydrogen) atoms. The van der Waals surface area contributed by atoms with Gasteiger partial charge in [-0.1, -0.05) is 5.21 Å². The summed E-state index contributed by atoms with van der Waals surface area (Å²) in [6.45, 7) is 0.695. The minimum atomic E-state index is -1.13. The smallest absolute Gasteiger partial charge is 0.358 e. The Morgan fingerprint density at radius 1 is 1.33 bits per heavy atom. The van der Waals surface area contributed by atoms with E-state index in [0.717, 1.165) is 4.90 Å². The van der Waals surface area contributed by atoms with Crippen LogP contribution in [0.4, 0.5) is 0 Å². The van der Waals surface area contributed by atoms with E-state index < -0.39 is 5.97 Å². The lowest BCUT2D eigenvalue weighted by atomic mass is 10.2. The van der Waals surface area contributed by atoms with E-state index in [4.69, 9.17) is 5.11 Å². The fourth-order valence-corrected chi connectivity index (χ4v) is 2.04. The number of carbonyl (C=O) groups excluding carboxylic acids is 1. The monoisotopic (exact) mass is 306 g/mol. The van der Waals surface area contributed by atoms with E-state index in [9.17, 15) is 9.59 Å². The number of nitrogens with zero attached hydrogens (tertiary/aromatic N) is 3. The molecule has 0 saturated heterocycles. The van der Waals surface area contributed by atoms with Gasteiger partial charge in [-0.3, -0.25) is 4.79 Å². The van der Waals surface area contributed by atoms with Crippen LogP contribution in [0.3, 0.4) is 0 Å². The molecule has 0 aliphatic rings. The van der Waals surface area contributed by atoms with Crippen LogP contribution in [0.15, 0.2) is 35.4 Å². The van der Waals surface area contributed by atoms with Gasteiger partial charge in [0.25, 0.3) is 5.91 Å². The Hall–Kier alpha value is -2.35. The molecule has 0 bridgehead atoms. The van der Waals surface area contributed by atoms with Crippen LogP contribution < -0.4 is 5.32 Å². The van der Waals surface area contributed by atoms with Crippen molar-refractivity contribution >= 4 is 23.6 Å². The summed E-state index contributed by atoms with van der Waals surface area (Å²) in [6, 6.07) is 7.30. The highest BCUT2D eigenvalue weighted by molar-refractivity contribution is 7.98. The van der Waals surface area contributed by atoms with Gasteiger partial charge in [-0.25, -0.2) is 9.48 Å². The molecule has 0 aliphatic carbocycles. The molecule has 2 aromatic rings. The van der Waals surface area contributed by atoms with Gasteiger partial charge in [0.2, 0.25) is 0 Å². The fourth-order valence-electron chi connectivity index (χ4n) is 1.63. The van der Waals surface area contributed by atoms with Crippen LogP contribution in [-0.2, 0) is 6.54 Å². The Balaban J connectivity index is 1.84. The molecular formula is C13H14N4O3S. The summed E-state index contributed by atoms with van der Waals surface area (Å²) in [6.07, 6.45) is 3.29. The Morgan fingerprint density at radius 3 is 2.62 bits per heavy atom. The lowest BCUT2D eigenvalue weighted by Gasteiger charge is -2.05.